The van der Waals surface area contributed by atoms with Gasteiger partial charge in [-0.25, -0.2) is 0 Å². The summed E-state index contributed by atoms with van der Waals surface area (Å²) in [6.45, 7) is 2.22. The zero-order chi connectivity index (χ0) is 16.1. The third-order valence-corrected chi connectivity index (χ3v) is 4.29. The summed E-state index contributed by atoms with van der Waals surface area (Å²) in [5, 5.41) is 3.93. The Kier molecular flexibility index (Phi) is 2.78. The number of benzene rings is 2. The Balaban J connectivity index is 2.08. The molecule has 0 saturated carbocycles. The van der Waals surface area contributed by atoms with Crippen molar-refractivity contribution < 1.29 is 9.59 Å². The molecule has 0 radical (unpaired) electrons. The molecule has 5 heteroatoms. The Morgan fingerprint density at radius 1 is 1.22 bits per heavy atom. The molecule has 2 heterocycles. The highest BCUT2D eigenvalue weighted by Crippen LogP contribution is 2.37. The molecule has 1 aromatic heterocycles. The minimum absolute atomic E-state index is 0.0856. The van der Waals surface area contributed by atoms with Gasteiger partial charge in [-0.1, -0.05) is 18.2 Å². The van der Waals surface area contributed by atoms with Gasteiger partial charge in [-0.05, 0) is 36.8 Å². The lowest BCUT2D eigenvalue weighted by Gasteiger charge is -2.10. The molecular weight excluding hydrogens is 290 g/mol. The Morgan fingerprint density at radius 3 is 2.83 bits per heavy atom. The molecule has 3 N–H and O–H groups in total. The monoisotopic (exact) mass is 305 g/mol. The van der Waals surface area contributed by atoms with Crippen LogP contribution in [0.5, 0.6) is 0 Å². The second kappa shape index (κ2) is 4.71. The summed E-state index contributed by atoms with van der Waals surface area (Å²) >= 11 is 0. The van der Waals surface area contributed by atoms with Crippen LogP contribution >= 0.6 is 0 Å². The van der Waals surface area contributed by atoms with E-state index >= 15 is 0 Å². The van der Waals surface area contributed by atoms with Gasteiger partial charge in [-0.3, -0.25) is 9.59 Å². The maximum absolute atomic E-state index is 12.3. The summed E-state index contributed by atoms with van der Waals surface area (Å²) in [7, 11) is 0. The summed E-state index contributed by atoms with van der Waals surface area (Å²) in [5.41, 5.74) is 10.5. The molecule has 2 amide bonds. The molecule has 1 aliphatic rings. The van der Waals surface area contributed by atoms with Crippen molar-refractivity contribution in [1.29, 1.82) is 0 Å². The van der Waals surface area contributed by atoms with Gasteiger partial charge in [0.15, 0.2) is 0 Å². The van der Waals surface area contributed by atoms with E-state index in [4.69, 9.17) is 5.73 Å². The number of nitrogens with zero attached hydrogens (tertiary/aromatic N) is 1. The van der Waals surface area contributed by atoms with Gasteiger partial charge in [0.1, 0.15) is 6.54 Å². The highest BCUT2D eigenvalue weighted by molar-refractivity contribution is 6.03. The van der Waals surface area contributed by atoms with Crippen LogP contribution in [-0.2, 0) is 11.3 Å². The lowest BCUT2D eigenvalue weighted by Crippen LogP contribution is -2.16. The normalized spacial score (nSPS) is 13.2. The second-order valence-corrected chi connectivity index (χ2v) is 5.80. The van der Waals surface area contributed by atoms with Crippen LogP contribution in [0, 0.1) is 6.92 Å². The van der Waals surface area contributed by atoms with Crippen molar-refractivity contribution in [3.63, 3.8) is 0 Å². The van der Waals surface area contributed by atoms with Crippen LogP contribution in [-0.4, -0.2) is 16.4 Å². The molecule has 114 valence electrons. The minimum atomic E-state index is -0.475. The van der Waals surface area contributed by atoms with E-state index in [-0.39, 0.29) is 12.5 Å². The first-order chi connectivity index (χ1) is 11.0. The molecular formula is C18H15N3O2. The number of carbonyl (C=O) groups excluding carboxylic acids is 2. The predicted octanol–water partition coefficient (Wildman–Crippen LogP) is 2.67. The van der Waals surface area contributed by atoms with Crippen molar-refractivity contribution in [2.24, 2.45) is 5.73 Å². The van der Waals surface area contributed by atoms with Gasteiger partial charge in [0.2, 0.25) is 11.8 Å². The van der Waals surface area contributed by atoms with E-state index in [1.54, 1.807) is 12.1 Å². The molecule has 4 rings (SSSR count). The number of nitrogens with two attached hydrogens (primary N) is 1. The van der Waals surface area contributed by atoms with Crippen molar-refractivity contribution in [3.8, 4) is 11.3 Å². The van der Waals surface area contributed by atoms with Crippen LogP contribution in [0.15, 0.2) is 42.5 Å². The highest BCUT2D eigenvalue weighted by Gasteiger charge is 2.22. The molecule has 0 bridgehead atoms. The molecule has 23 heavy (non-hydrogen) atoms. The van der Waals surface area contributed by atoms with Crippen LogP contribution in [0.2, 0.25) is 0 Å². The van der Waals surface area contributed by atoms with E-state index < -0.39 is 5.91 Å². The molecule has 3 aromatic rings. The first kappa shape index (κ1) is 13.6. The zero-order valence-electron chi connectivity index (χ0n) is 12.6. The Morgan fingerprint density at radius 2 is 2.04 bits per heavy atom. The summed E-state index contributed by atoms with van der Waals surface area (Å²) < 4.78 is 1.94. The van der Waals surface area contributed by atoms with E-state index in [9.17, 15) is 9.59 Å². The summed E-state index contributed by atoms with van der Waals surface area (Å²) in [5.74, 6) is -0.560. The van der Waals surface area contributed by atoms with Gasteiger partial charge in [0.25, 0.3) is 0 Å². The molecule has 0 fully saturated rings. The number of fused-ring (bicyclic) bond motifs is 5. The number of aromatic nitrogens is 1. The van der Waals surface area contributed by atoms with Crippen molar-refractivity contribution >= 4 is 28.4 Å². The zero-order valence-corrected chi connectivity index (χ0v) is 12.6. The summed E-state index contributed by atoms with van der Waals surface area (Å²) in [6, 6.07) is 13.2. The number of aryl methyl sites for hydroxylation is 1. The van der Waals surface area contributed by atoms with E-state index in [0.717, 1.165) is 33.4 Å². The van der Waals surface area contributed by atoms with E-state index in [1.165, 1.54) is 0 Å². The van der Waals surface area contributed by atoms with E-state index in [2.05, 4.69) is 5.32 Å². The van der Waals surface area contributed by atoms with Crippen LogP contribution in [0.4, 0.5) is 5.69 Å². The van der Waals surface area contributed by atoms with Crippen LogP contribution in [0.1, 0.15) is 15.9 Å². The van der Waals surface area contributed by atoms with Gasteiger partial charge in [-0.15, -0.1) is 0 Å². The topological polar surface area (TPSA) is 77.1 Å². The molecule has 5 nitrogen and oxygen atoms in total. The maximum Gasteiger partial charge on any atom is 0.248 e. The molecule has 0 aliphatic carbocycles. The summed E-state index contributed by atoms with van der Waals surface area (Å²) in [6.07, 6.45) is 0. The van der Waals surface area contributed by atoms with Gasteiger partial charge in [0.05, 0.1) is 11.4 Å². The smallest absolute Gasteiger partial charge is 0.248 e. The molecule has 0 saturated heterocycles. The highest BCUT2D eigenvalue weighted by atomic mass is 16.2. The number of amides is 2. The fourth-order valence-corrected chi connectivity index (χ4v) is 3.23. The Labute approximate surface area is 132 Å². The molecule has 0 spiro atoms. The number of hydrogen-bond donors (Lipinski definition) is 2. The van der Waals surface area contributed by atoms with Crippen LogP contribution in [0.25, 0.3) is 22.2 Å². The van der Waals surface area contributed by atoms with Crippen molar-refractivity contribution in [1.82, 2.24) is 4.57 Å². The van der Waals surface area contributed by atoms with Gasteiger partial charge >= 0.3 is 0 Å². The SMILES string of the molecule is Cc1cccc2c1-c1cc3ccc(C(N)=O)cc3n1CC(=O)N2. The third-order valence-electron chi connectivity index (χ3n) is 4.29. The largest absolute Gasteiger partial charge is 0.366 e. The molecule has 1 aliphatic heterocycles. The third kappa shape index (κ3) is 2.01. The molecule has 0 unspecified atom stereocenters. The average molecular weight is 305 g/mol. The van der Waals surface area contributed by atoms with Gasteiger partial charge in [-0.2, -0.15) is 0 Å². The Bertz CT molecular complexity index is 985. The lowest BCUT2D eigenvalue weighted by atomic mass is 10.0. The first-order valence-corrected chi connectivity index (χ1v) is 7.37. The van der Waals surface area contributed by atoms with Crippen LogP contribution in [0.3, 0.4) is 0 Å². The predicted molar refractivity (Wildman–Crippen MR) is 89.3 cm³/mol. The maximum atomic E-state index is 12.3. The average Bonchev–Trinajstić information content (AvgIpc) is 2.77. The van der Waals surface area contributed by atoms with E-state index in [1.807, 2.05) is 41.8 Å². The summed E-state index contributed by atoms with van der Waals surface area (Å²) in [4.78, 5) is 23.7. The number of anilines is 1. The quantitative estimate of drug-likeness (QED) is 0.725. The van der Waals surface area contributed by atoms with Crippen LogP contribution < -0.4 is 11.1 Å². The Hall–Kier alpha value is -3.08. The standard InChI is InChI=1S/C18H15N3O2/c1-10-3-2-4-13-17(10)15-7-11-5-6-12(18(19)23)8-14(11)21(15)9-16(22)20-13/h2-8H,9H2,1H3,(H2,19,23)(H,20,22). The number of hydrogen-bond acceptors (Lipinski definition) is 2. The van der Waals surface area contributed by atoms with Crippen molar-refractivity contribution in [2.75, 3.05) is 5.32 Å². The van der Waals surface area contributed by atoms with E-state index in [0.29, 0.717) is 5.56 Å². The number of carbonyl (C=O) groups is 2. The minimum Gasteiger partial charge on any atom is -0.366 e. The lowest BCUT2D eigenvalue weighted by molar-refractivity contribution is -0.116. The van der Waals surface area contributed by atoms with Crippen molar-refractivity contribution in [3.05, 3.63) is 53.6 Å². The second-order valence-electron chi connectivity index (χ2n) is 5.80. The number of nitrogens with one attached hydrogen (secondary N) is 1. The molecule has 2 aromatic carbocycles. The number of rotatable bonds is 1. The number of primary amides is 1. The van der Waals surface area contributed by atoms with Crippen molar-refractivity contribution in [2.45, 2.75) is 13.5 Å². The fourth-order valence-electron chi connectivity index (χ4n) is 3.23. The molecule has 0 atom stereocenters. The van der Waals surface area contributed by atoms with Gasteiger partial charge in [0, 0.05) is 22.0 Å². The van der Waals surface area contributed by atoms with Gasteiger partial charge < -0.3 is 15.6 Å². The fraction of sp³-hybridized carbons (Fsp3) is 0.111. The first-order valence-electron chi connectivity index (χ1n) is 7.37.